The smallest absolute Gasteiger partial charge is 0.338 e. The Morgan fingerprint density at radius 2 is 1.34 bits per heavy atom. The lowest BCUT2D eigenvalue weighted by Gasteiger charge is -2.17. The zero-order chi connectivity index (χ0) is 23.4. The van der Waals surface area contributed by atoms with Crippen LogP contribution in [0.5, 0.6) is 11.5 Å². The first kappa shape index (κ1) is 26.9. The first-order chi connectivity index (χ1) is 15.7. The molecule has 0 saturated carbocycles. The van der Waals surface area contributed by atoms with Crippen LogP contribution in [0.1, 0.15) is 67.3 Å². The maximum atomic E-state index is 12.1. The Morgan fingerprint density at radius 1 is 0.875 bits per heavy atom. The molecule has 0 amide bonds. The first-order valence-corrected chi connectivity index (χ1v) is 10.9. The number of benzene rings is 1. The Hall–Kier alpha value is -3.13. The largest absolute Gasteiger partial charge is 0.493 e. The van der Waals surface area contributed by atoms with E-state index < -0.39 is 5.97 Å². The number of nitrogens with zero attached hydrogens (tertiary/aromatic N) is 6. The number of carbonyl (C=O) groups excluding carboxylic acids is 1. The molecule has 0 atom stereocenters. The van der Waals surface area contributed by atoms with Gasteiger partial charge >= 0.3 is 5.97 Å². The van der Waals surface area contributed by atoms with E-state index in [-0.39, 0.29) is 6.54 Å². The molecule has 32 heavy (non-hydrogen) atoms. The van der Waals surface area contributed by atoms with Gasteiger partial charge in [-0.05, 0) is 48.9 Å². The number of ether oxygens (including phenoxy) is 3. The van der Waals surface area contributed by atoms with E-state index in [9.17, 15) is 4.79 Å². The van der Waals surface area contributed by atoms with Crippen LogP contribution in [0.3, 0.4) is 0 Å². The van der Waals surface area contributed by atoms with Crippen molar-refractivity contribution in [3.05, 3.63) is 44.1 Å². The summed E-state index contributed by atoms with van der Waals surface area (Å²) in [4.78, 5) is 17.6. The summed E-state index contributed by atoms with van der Waals surface area (Å²) in [6.45, 7) is 2.17. The quantitative estimate of drug-likeness (QED) is 0.104. The van der Waals surface area contributed by atoms with Crippen molar-refractivity contribution in [3.63, 3.8) is 0 Å². The molecule has 1 aromatic rings. The number of methoxy groups -OCH3 is 1. The molecular formula is C21H33N7O4. The summed E-state index contributed by atoms with van der Waals surface area (Å²) in [6.07, 6.45) is 7.14. The third-order valence-electron chi connectivity index (χ3n) is 4.74. The van der Waals surface area contributed by atoms with E-state index >= 15 is 0 Å². The van der Waals surface area contributed by atoms with Crippen molar-refractivity contribution in [2.45, 2.75) is 57.9 Å². The Kier molecular flexibility index (Phi) is 14.7. The van der Waals surface area contributed by atoms with Gasteiger partial charge in [0.2, 0.25) is 0 Å². The Morgan fingerprint density at radius 3 is 1.75 bits per heavy atom. The monoisotopic (exact) mass is 447 g/mol. The molecule has 0 saturated heterocycles. The number of carbonyl (C=O) groups is 1. The van der Waals surface area contributed by atoms with Crippen molar-refractivity contribution < 1.29 is 19.0 Å². The summed E-state index contributed by atoms with van der Waals surface area (Å²) in [6, 6.07) is 3.27. The molecule has 176 valence electrons. The molecule has 0 radical (unpaired) electrons. The van der Waals surface area contributed by atoms with E-state index in [2.05, 4.69) is 20.1 Å². The SMILES string of the molecule is COC(=O)c1cc(OCCCCCCN=[N+]=[N-])c(CN)c(OCCCCCCN=[N+]=[N-])c1. The zero-order valence-corrected chi connectivity index (χ0v) is 18.7. The van der Waals surface area contributed by atoms with Crippen LogP contribution in [0, 0.1) is 0 Å². The average Bonchev–Trinajstić information content (AvgIpc) is 2.81. The number of azide groups is 2. The van der Waals surface area contributed by atoms with Crippen LogP contribution >= 0.6 is 0 Å². The first-order valence-electron chi connectivity index (χ1n) is 10.9. The van der Waals surface area contributed by atoms with Gasteiger partial charge in [0.05, 0.1) is 25.9 Å². The number of nitrogens with two attached hydrogens (primary N) is 1. The zero-order valence-electron chi connectivity index (χ0n) is 18.7. The minimum Gasteiger partial charge on any atom is -0.493 e. The van der Waals surface area contributed by atoms with E-state index in [1.165, 1.54) is 7.11 Å². The van der Waals surface area contributed by atoms with Crippen molar-refractivity contribution in [1.82, 2.24) is 0 Å². The standard InChI is InChI=1S/C21H33N7O4/c1-30-21(29)17-14-19(31-12-8-4-2-6-10-25-27-23)18(16-22)20(15-17)32-13-9-5-3-7-11-26-28-24/h14-15H,2-13,16,22H2,1H3. The van der Waals surface area contributed by atoms with E-state index in [0.29, 0.717) is 48.9 Å². The molecule has 0 aliphatic carbocycles. The second-order valence-corrected chi connectivity index (χ2v) is 7.08. The fraction of sp³-hybridized carbons (Fsp3) is 0.667. The topological polar surface area (TPSA) is 168 Å². The summed E-state index contributed by atoms with van der Waals surface area (Å²) in [5, 5.41) is 7.03. The number of unbranched alkanes of at least 4 members (excludes halogenated alkanes) is 6. The van der Waals surface area contributed by atoms with Crippen LogP contribution in [-0.4, -0.2) is 39.4 Å². The summed E-state index contributed by atoms with van der Waals surface area (Å²) in [7, 11) is 1.33. The highest BCUT2D eigenvalue weighted by molar-refractivity contribution is 5.90. The highest BCUT2D eigenvalue weighted by Gasteiger charge is 2.17. The normalized spacial score (nSPS) is 10.1. The van der Waals surface area contributed by atoms with E-state index in [1.54, 1.807) is 12.1 Å². The molecule has 11 nitrogen and oxygen atoms in total. The van der Waals surface area contributed by atoms with Gasteiger partial charge in [-0.15, -0.1) is 0 Å². The van der Waals surface area contributed by atoms with Crippen molar-refractivity contribution in [2.24, 2.45) is 16.0 Å². The lowest BCUT2D eigenvalue weighted by atomic mass is 10.1. The molecule has 1 aromatic carbocycles. The molecule has 0 fully saturated rings. The van der Waals surface area contributed by atoms with Crippen LogP contribution < -0.4 is 15.2 Å². The molecule has 0 aliphatic heterocycles. The molecule has 0 bridgehead atoms. The molecule has 0 aliphatic rings. The van der Waals surface area contributed by atoms with Gasteiger partial charge in [0, 0.05) is 35.0 Å². The Balaban J connectivity index is 2.66. The van der Waals surface area contributed by atoms with Gasteiger partial charge in [-0.25, -0.2) is 4.79 Å². The lowest BCUT2D eigenvalue weighted by molar-refractivity contribution is 0.0599. The van der Waals surface area contributed by atoms with E-state index in [0.717, 1.165) is 51.4 Å². The van der Waals surface area contributed by atoms with Gasteiger partial charge in [-0.1, -0.05) is 35.9 Å². The van der Waals surface area contributed by atoms with Crippen molar-refractivity contribution in [2.75, 3.05) is 33.4 Å². The molecule has 0 heterocycles. The minimum absolute atomic E-state index is 0.213. The highest BCUT2D eigenvalue weighted by Crippen LogP contribution is 2.31. The van der Waals surface area contributed by atoms with Crippen LogP contribution in [0.25, 0.3) is 20.9 Å². The molecule has 2 N–H and O–H groups in total. The summed E-state index contributed by atoms with van der Waals surface area (Å²) >= 11 is 0. The van der Waals surface area contributed by atoms with Crippen LogP contribution in [0.4, 0.5) is 0 Å². The van der Waals surface area contributed by atoms with E-state index in [4.69, 9.17) is 31.0 Å². The fourth-order valence-electron chi connectivity index (χ4n) is 3.04. The predicted molar refractivity (Wildman–Crippen MR) is 122 cm³/mol. The molecule has 0 aromatic heterocycles. The molecule has 0 spiro atoms. The van der Waals surface area contributed by atoms with Gasteiger partial charge in [-0.3, -0.25) is 0 Å². The molecular weight excluding hydrogens is 414 g/mol. The number of hydrogen-bond donors (Lipinski definition) is 1. The highest BCUT2D eigenvalue weighted by atomic mass is 16.5. The summed E-state index contributed by atoms with van der Waals surface area (Å²) in [5.41, 5.74) is 23.6. The minimum atomic E-state index is -0.473. The van der Waals surface area contributed by atoms with Gasteiger partial charge in [0.1, 0.15) is 11.5 Å². The maximum absolute atomic E-state index is 12.1. The van der Waals surface area contributed by atoms with Crippen molar-refractivity contribution in [3.8, 4) is 11.5 Å². The second-order valence-electron chi connectivity index (χ2n) is 7.08. The molecule has 0 unspecified atom stereocenters. The van der Waals surface area contributed by atoms with Gasteiger partial charge in [0.25, 0.3) is 0 Å². The van der Waals surface area contributed by atoms with Gasteiger partial charge < -0.3 is 19.9 Å². The Bertz CT molecular complexity index is 737. The van der Waals surface area contributed by atoms with Crippen LogP contribution in [0.2, 0.25) is 0 Å². The van der Waals surface area contributed by atoms with Gasteiger partial charge in [0.15, 0.2) is 0 Å². The number of hydrogen-bond acceptors (Lipinski definition) is 7. The third-order valence-corrected chi connectivity index (χ3v) is 4.74. The summed E-state index contributed by atoms with van der Waals surface area (Å²) in [5.74, 6) is 0.571. The van der Waals surface area contributed by atoms with Crippen molar-refractivity contribution >= 4 is 5.97 Å². The van der Waals surface area contributed by atoms with Crippen molar-refractivity contribution in [1.29, 1.82) is 0 Å². The average molecular weight is 448 g/mol. The molecule has 1 rings (SSSR count). The van der Waals surface area contributed by atoms with E-state index in [1.807, 2.05) is 0 Å². The number of esters is 1. The lowest BCUT2D eigenvalue weighted by Crippen LogP contribution is -2.11. The Labute approximate surface area is 188 Å². The maximum Gasteiger partial charge on any atom is 0.338 e. The second kappa shape index (κ2) is 17.5. The molecule has 11 heteroatoms. The fourth-order valence-corrected chi connectivity index (χ4v) is 3.04. The van der Waals surface area contributed by atoms with Gasteiger partial charge in [-0.2, -0.15) is 0 Å². The summed E-state index contributed by atoms with van der Waals surface area (Å²) < 4.78 is 16.7. The predicted octanol–water partition coefficient (Wildman–Crippen LogP) is 5.43. The van der Waals surface area contributed by atoms with Crippen LogP contribution in [-0.2, 0) is 11.3 Å². The number of rotatable bonds is 18. The van der Waals surface area contributed by atoms with Crippen LogP contribution in [0.15, 0.2) is 22.4 Å². The third kappa shape index (κ3) is 10.8.